The molecule has 19 heavy (non-hydrogen) atoms. The molecule has 0 unspecified atom stereocenters. The average Bonchev–Trinajstić information content (AvgIpc) is 2.38. The number of para-hydroxylation sites is 1. The SMILES string of the molecule is CC[C@H](C)[C@H](N)C(=O)Nc1ccccc1CN(C)C. The summed E-state index contributed by atoms with van der Waals surface area (Å²) >= 11 is 0. The van der Waals surface area contributed by atoms with Gasteiger partial charge in [0, 0.05) is 12.2 Å². The number of amides is 1. The Kier molecular flexibility index (Phi) is 5.99. The number of hydrogen-bond donors (Lipinski definition) is 2. The zero-order valence-electron chi connectivity index (χ0n) is 12.3. The summed E-state index contributed by atoms with van der Waals surface area (Å²) < 4.78 is 0. The van der Waals surface area contributed by atoms with Gasteiger partial charge in [-0.25, -0.2) is 0 Å². The van der Waals surface area contributed by atoms with Crippen LogP contribution in [0.2, 0.25) is 0 Å². The maximum absolute atomic E-state index is 12.1. The maximum atomic E-state index is 12.1. The summed E-state index contributed by atoms with van der Waals surface area (Å²) in [6.07, 6.45) is 0.897. The number of rotatable bonds is 6. The molecule has 0 saturated heterocycles. The van der Waals surface area contributed by atoms with Crippen molar-refractivity contribution in [2.75, 3.05) is 19.4 Å². The van der Waals surface area contributed by atoms with Crippen LogP contribution in [0.15, 0.2) is 24.3 Å². The molecule has 0 heterocycles. The smallest absolute Gasteiger partial charge is 0.241 e. The first-order valence-corrected chi connectivity index (χ1v) is 6.74. The molecule has 106 valence electrons. The van der Waals surface area contributed by atoms with Crippen LogP contribution in [0.1, 0.15) is 25.8 Å². The summed E-state index contributed by atoms with van der Waals surface area (Å²) in [5, 5.41) is 2.94. The second-order valence-corrected chi connectivity index (χ2v) is 5.30. The number of hydrogen-bond acceptors (Lipinski definition) is 3. The van der Waals surface area contributed by atoms with Gasteiger partial charge in [0.15, 0.2) is 0 Å². The molecule has 0 bridgehead atoms. The molecule has 0 aliphatic rings. The van der Waals surface area contributed by atoms with Crippen LogP contribution < -0.4 is 11.1 Å². The predicted octanol–water partition coefficient (Wildman–Crippen LogP) is 2.06. The molecule has 1 rings (SSSR count). The Hall–Kier alpha value is -1.39. The van der Waals surface area contributed by atoms with Gasteiger partial charge in [-0.15, -0.1) is 0 Å². The van der Waals surface area contributed by atoms with E-state index in [9.17, 15) is 4.79 Å². The van der Waals surface area contributed by atoms with Gasteiger partial charge in [0.25, 0.3) is 0 Å². The summed E-state index contributed by atoms with van der Waals surface area (Å²) in [7, 11) is 4.01. The number of carbonyl (C=O) groups excluding carboxylic acids is 1. The number of nitrogens with one attached hydrogen (secondary N) is 1. The highest BCUT2D eigenvalue weighted by molar-refractivity contribution is 5.95. The van der Waals surface area contributed by atoms with Crippen LogP contribution >= 0.6 is 0 Å². The molecule has 0 radical (unpaired) electrons. The fraction of sp³-hybridized carbons (Fsp3) is 0.533. The van der Waals surface area contributed by atoms with E-state index in [1.165, 1.54) is 0 Å². The third kappa shape index (κ3) is 4.65. The zero-order chi connectivity index (χ0) is 14.4. The van der Waals surface area contributed by atoms with Gasteiger partial charge < -0.3 is 16.0 Å². The topological polar surface area (TPSA) is 58.4 Å². The molecule has 1 amide bonds. The minimum Gasteiger partial charge on any atom is -0.324 e. The van der Waals surface area contributed by atoms with E-state index in [1.807, 2.05) is 52.2 Å². The van der Waals surface area contributed by atoms with Crippen molar-refractivity contribution in [3.05, 3.63) is 29.8 Å². The Morgan fingerprint density at radius 1 is 1.37 bits per heavy atom. The van der Waals surface area contributed by atoms with Gasteiger partial charge in [0.1, 0.15) is 0 Å². The summed E-state index contributed by atoms with van der Waals surface area (Å²) in [5.41, 5.74) is 7.89. The van der Waals surface area contributed by atoms with Crippen molar-refractivity contribution < 1.29 is 4.79 Å². The van der Waals surface area contributed by atoms with Crippen LogP contribution in [0.3, 0.4) is 0 Å². The molecular formula is C15H25N3O. The largest absolute Gasteiger partial charge is 0.324 e. The van der Waals surface area contributed by atoms with Crippen LogP contribution in [0.5, 0.6) is 0 Å². The second-order valence-electron chi connectivity index (χ2n) is 5.30. The predicted molar refractivity (Wildman–Crippen MR) is 79.9 cm³/mol. The fourth-order valence-corrected chi connectivity index (χ4v) is 1.85. The van der Waals surface area contributed by atoms with Gasteiger partial charge in [-0.1, -0.05) is 38.5 Å². The first-order valence-electron chi connectivity index (χ1n) is 6.74. The van der Waals surface area contributed by atoms with Crippen molar-refractivity contribution in [3.8, 4) is 0 Å². The van der Waals surface area contributed by atoms with E-state index in [0.717, 1.165) is 24.2 Å². The summed E-state index contributed by atoms with van der Waals surface area (Å²) in [6, 6.07) is 7.37. The minimum absolute atomic E-state index is 0.111. The van der Waals surface area contributed by atoms with Crippen LogP contribution in [-0.4, -0.2) is 30.9 Å². The molecule has 4 nitrogen and oxygen atoms in total. The van der Waals surface area contributed by atoms with Crippen molar-refractivity contribution in [2.45, 2.75) is 32.9 Å². The average molecular weight is 263 g/mol. The lowest BCUT2D eigenvalue weighted by Gasteiger charge is -2.20. The van der Waals surface area contributed by atoms with Crippen molar-refractivity contribution >= 4 is 11.6 Å². The van der Waals surface area contributed by atoms with E-state index in [2.05, 4.69) is 10.2 Å². The Labute approximate surface area is 116 Å². The van der Waals surface area contributed by atoms with Gasteiger partial charge in [-0.2, -0.15) is 0 Å². The van der Waals surface area contributed by atoms with Crippen molar-refractivity contribution in [3.63, 3.8) is 0 Å². The van der Waals surface area contributed by atoms with Gasteiger partial charge in [0.05, 0.1) is 6.04 Å². The normalized spacial score (nSPS) is 14.2. The first kappa shape index (κ1) is 15.7. The molecule has 0 aliphatic heterocycles. The molecule has 0 aromatic heterocycles. The lowest BCUT2D eigenvalue weighted by molar-refractivity contribution is -0.118. The van der Waals surface area contributed by atoms with Crippen molar-refractivity contribution in [1.82, 2.24) is 4.90 Å². The van der Waals surface area contributed by atoms with Gasteiger partial charge in [-0.3, -0.25) is 4.79 Å². The van der Waals surface area contributed by atoms with Gasteiger partial charge >= 0.3 is 0 Å². The Morgan fingerprint density at radius 2 is 2.00 bits per heavy atom. The highest BCUT2D eigenvalue weighted by atomic mass is 16.2. The highest BCUT2D eigenvalue weighted by Crippen LogP contribution is 2.17. The number of nitrogens with zero attached hydrogens (tertiary/aromatic N) is 1. The van der Waals surface area contributed by atoms with E-state index < -0.39 is 6.04 Å². The first-order chi connectivity index (χ1) is 8.95. The Bertz CT molecular complexity index is 418. The van der Waals surface area contributed by atoms with Crippen molar-refractivity contribution in [2.24, 2.45) is 11.7 Å². The van der Waals surface area contributed by atoms with Crippen LogP contribution in [0.4, 0.5) is 5.69 Å². The zero-order valence-corrected chi connectivity index (χ0v) is 12.3. The quantitative estimate of drug-likeness (QED) is 0.826. The van der Waals surface area contributed by atoms with Crippen LogP contribution in [0.25, 0.3) is 0 Å². The number of carbonyl (C=O) groups is 1. The molecule has 3 N–H and O–H groups in total. The van der Waals surface area contributed by atoms with Gasteiger partial charge in [0.2, 0.25) is 5.91 Å². The lowest BCUT2D eigenvalue weighted by atomic mass is 9.99. The fourth-order valence-electron chi connectivity index (χ4n) is 1.85. The molecule has 0 fully saturated rings. The molecular weight excluding hydrogens is 238 g/mol. The molecule has 1 aromatic carbocycles. The molecule has 0 saturated carbocycles. The minimum atomic E-state index is -0.461. The number of anilines is 1. The standard InChI is InChI=1S/C15H25N3O/c1-5-11(2)14(16)15(19)17-13-9-7-6-8-12(13)10-18(3)4/h6-9,11,14H,5,10,16H2,1-4H3,(H,17,19)/t11-,14-/m0/s1. The van der Waals surface area contributed by atoms with E-state index >= 15 is 0 Å². The summed E-state index contributed by atoms with van der Waals surface area (Å²) in [6.45, 7) is 4.82. The Balaban J connectivity index is 2.79. The third-order valence-corrected chi connectivity index (χ3v) is 3.32. The van der Waals surface area contributed by atoms with Crippen LogP contribution in [-0.2, 0) is 11.3 Å². The van der Waals surface area contributed by atoms with E-state index in [0.29, 0.717) is 0 Å². The summed E-state index contributed by atoms with van der Waals surface area (Å²) in [4.78, 5) is 14.2. The third-order valence-electron chi connectivity index (χ3n) is 3.32. The monoisotopic (exact) mass is 263 g/mol. The second kappa shape index (κ2) is 7.26. The molecule has 1 aromatic rings. The van der Waals surface area contributed by atoms with E-state index in [1.54, 1.807) is 0 Å². The van der Waals surface area contributed by atoms with Gasteiger partial charge in [-0.05, 0) is 31.6 Å². The molecule has 2 atom stereocenters. The molecule has 0 aliphatic carbocycles. The van der Waals surface area contributed by atoms with Crippen LogP contribution in [0, 0.1) is 5.92 Å². The molecule has 4 heteroatoms. The number of nitrogens with two attached hydrogens (primary N) is 1. The van der Waals surface area contributed by atoms with E-state index in [4.69, 9.17) is 5.73 Å². The number of benzene rings is 1. The Morgan fingerprint density at radius 3 is 2.58 bits per heavy atom. The maximum Gasteiger partial charge on any atom is 0.241 e. The molecule has 0 spiro atoms. The lowest BCUT2D eigenvalue weighted by Crippen LogP contribution is -2.40. The highest BCUT2D eigenvalue weighted by Gasteiger charge is 2.20. The van der Waals surface area contributed by atoms with Crippen molar-refractivity contribution in [1.29, 1.82) is 0 Å². The van der Waals surface area contributed by atoms with E-state index in [-0.39, 0.29) is 11.8 Å². The summed E-state index contributed by atoms with van der Waals surface area (Å²) in [5.74, 6) is 0.0709.